The Balaban J connectivity index is 1.84. The van der Waals surface area contributed by atoms with Crippen LogP contribution in [0.5, 0.6) is 0 Å². The topological polar surface area (TPSA) is 104 Å². The van der Waals surface area contributed by atoms with Gasteiger partial charge in [-0.3, -0.25) is 9.59 Å². The lowest BCUT2D eigenvalue weighted by Crippen LogP contribution is -2.40. The van der Waals surface area contributed by atoms with Crippen LogP contribution >= 0.6 is 0 Å². The second-order valence-electron chi connectivity index (χ2n) is 8.46. The normalized spacial score (nSPS) is 16.5. The first-order valence-electron chi connectivity index (χ1n) is 10.7. The van der Waals surface area contributed by atoms with Gasteiger partial charge in [0.15, 0.2) is 0 Å². The maximum atomic E-state index is 13.3. The minimum absolute atomic E-state index is 0.0356. The van der Waals surface area contributed by atoms with Crippen LogP contribution in [0.3, 0.4) is 0 Å². The SMILES string of the molecule is CNc1cc(C2CCCN(C(=O)c3c(C(C)C)noc3C)C2)nc(CN(C)C(C)=O)n1. The van der Waals surface area contributed by atoms with Gasteiger partial charge in [0.2, 0.25) is 5.91 Å². The Morgan fingerprint density at radius 1 is 1.35 bits per heavy atom. The number of aromatic nitrogens is 3. The van der Waals surface area contributed by atoms with Gasteiger partial charge in [-0.05, 0) is 25.7 Å². The first-order valence-corrected chi connectivity index (χ1v) is 10.7. The van der Waals surface area contributed by atoms with Gasteiger partial charge in [0.1, 0.15) is 23.0 Å². The van der Waals surface area contributed by atoms with Crippen LogP contribution in [0.4, 0.5) is 5.82 Å². The van der Waals surface area contributed by atoms with Crippen molar-refractivity contribution in [2.45, 2.75) is 58.9 Å². The molecule has 1 atom stereocenters. The summed E-state index contributed by atoms with van der Waals surface area (Å²) in [6.45, 7) is 8.93. The number of carbonyl (C=O) groups is 2. The van der Waals surface area contributed by atoms with Crippen LogP contribution in [0.2, 0.25) is 0 Å². The molecule has 1 aliphatic heterocycles. The Labute approximate surface area is 183 Å². The van der Waals surface area contributed by atoms with E-state index >= 15 is 0 Å². The highest BCUT2D eigenvalue weighted by Crippen LogP contribution is 2.30. The highest BCUT2D eigenvalue weighted by Gasteiger charge is 2.31. The molecule has 31 heavy (non-hydrogen) atoms. The van der Waals surface area contributed by atoms with E-state index in [1.165, 1.54) is 6.92 Å². The smallest absolute Gasteiger partial charge is 0.259 e. The van der Waals surface area contributed by atoms with Crippen molar-refractivity contribution in [3.8, 4) is 0 Å². The Morgan fingerprint density at radius 3 is 2.74 bits per heavy atom. The lowest BCUT2D eigenvalue weighted by Gasteiger charge is -2.33. The number of carbonyl (C=O) groups excluding carboxylic acids is 2. The fourth-order valence-electron chi connectivity index (χ4n) is 3.85. The standard InChI is InChI=1S/C22H32N6O3/c1-13(2)21-20(14(3)31-26-21)22(30)28-9-7-8-16(11-28)17-10-18(23-5)25-19(24-17)12-27(6)15(4)29/h10,13,16H,7-9,11-12H2,1-6H3,(H,23,24,25). The molecule has 0 spiro atoms. The molecule has 1 aliphatic rings. The molecule has 1 saturated heterocycles. The minimum Gasteiger partial charge on any atom is -0.373 e. The lowest BCUT2D eigenvalue weighted by molar-refractivity contribution is -0.128. The van der Waals surface area contributed by atoms with Crippen molar-refractivity contribution in [3.63, 3.8) is 0 Å². The molecule has 9 nitrogen and oxygen atoms in total. The maximum absolute atomic E-state index is 13.3. The second-order valence-corrected chi connectivity index (χ2v) is 8.46. The zero-order chi connectivity index (χ0) is 22.7. The molecule has 168 valence electrons. The maximum Gasteiger partial charge on any atom is 0.259 e. The van der Waals surface area contributed by atoms with Crippen LogP contribution in [0.15, 0.2) is 10.6 Å². The number of amides is 2. The molecule has 0 aliphatic carbocycles. The van der Waals surface area contributed by atoms with Crippen molar-refractivity contribution in [1.29, 1.82) is 0 Å². The largest absolute Gasteiger partial charge is 0.373 e. The summed E-state index contributed by atoms with van der Waals surface area (Å²) in [6, 6.07) is 1.93. The molecular formula is C22H32N6O3. The second kappa shape index (κ2) is 9.45. The number of hydrogen-bond acceptors (Lipinski definition) is 7. The summed E-state index contributed by atoms with van der Waals surface area (Å²) in [7, 11) is 3.54. The van der Waals surface area contributed by atoms with Crippen molar-refractivity contribution < 1.29 is 14.1 Å². The molecule has 0 aromatic carbocycles. The van der Waals surface area contributed by atoms with E-state index in [-0.39, 0.29) is 23.7 Å². The van der Waals surface area contributed by atoms with E-state index in [1.54, 1.807) is 18.9 Å². The highest BCUT2D eigenvalue weighted by molar-refractivity contribution is 5.96. The molecule has 0 saturated carbocycles. The third-order valence-corrected chi connectivity index (χ3v) is 5.74. The summed E-state index contributed by atoms with van der Waals surface area (Å²) in [4.78, 5) is 37.6. The van der Waals surface area contributed by atoms with Crippen LogP contribution in [-0.4, -0.2) is 63.9 Å². The van der Waals surface area contributed by atoms with Gasteiger partial charge in [-0.15, -0.1) is 0 Å². The Morgan fingerprint density at radius 2 is 2.10 bits per heavy atom. The van der Waals surface area contributed by atoms with Crippen molar-refractivity contribution in [3.05, 3.63) is 34.6 Å². The molecule has 3 rings (SSSR count). The summed E-state index contributed by atoms with van der Waals surface area (Å²) in [6.07, 6.45) is 1.82. The molecule has 3 heterocycles. The Bertz CT molecular complexity index is 955. The van der Waals surface area contributed by atoms with E-state index in [1.807, 2.05) is 31.9 Å². The summed E-state index contributed by atoms with van der Waals surface area (Å²) >= 11 is 0. The van der Waals surface area contributed by atoms with Crippen molar-refractivity contribution in [1.82, 2.24) is 24.9 Å². The van der Waals surface area contributed by atoms with Crippen molar-refractivity contribution >= 4 is 17.6 Å². The Hall–Kier alpha value is -2.97. The first-order chi connectivity index (χ1) is 14.7. The van der Waals surface area contributed by atoms with E-state index in [0.717, 1.165) is 18.5 Å². The van der Waals surface area contributed by atoms with E-state index in [0.29, 0.717) is 48.3 Å². The predicted molar refractivity (Wildman–Crippen MR) is 117 cm³/mol. The molecule has 1 unspecified atom stereocenters. The van der Waals surface area contributed by atoms with Gasteiger partial charge in [-0.1, -0.05) is 19.0 Å². The monoisotopic (exact) mass is 428 g/mol. The van der Waals surface area contributed by atoms with Gasteiger partial charge in [-0.25, -0.2) is 9.97 Å². The van der Waals surface area contributed by atoms with Crippen molar-refractivity contribution in [2.24, 2.45) is 0 Å². The van der Waals surface area contributed by atoms with Gasteiger partial charge in [0, 0.05) is 46.1 Å². The van der Waals surface area contributed by atoms with Crippen LogP contribution in [0.1, 0.15) is 78.8 Å². The minimum atomic E-state index is -0.0421. The number of hydrogen-bond donors (Lipinski definition) is 1. The van der Waals surface area contributed by atoms with Crippen LogP contribution in [0, 0.1) is 6.92 Å². The summed E-state index contributed by atoms with van der Waals surface area (Å²) in [5, 5.41) is 7.18. The van der Waals surface area contributed by atoms with Crippen molar-refractivity contribution in [2.75, 3.05) is 32.5 Å². The van der Waals surface area contributed by atoms with E-state index in [9.17, 15) is 9.59 Å². The van der Waals surface area contributed by atoms with Gasteiger partial charge in [0.25, 0.3) is 5.91 Å². The number of nitrogens with zero attached hydrogens (tertiary/aromatic N) is 5. The number of anilines is 1. The third-order valence-electron chi connectivity index (χ3n) is 5.74. The number of rotatable bonds is 6. The third kappa shape index (κ3) is 5.03. The molecule has 0 radical (unpaired) electrons. The Kier molecular flexibility index (Phi) is 6.92. The summed E-state index contributed by atoms with van der Waals surface area (Å²) in [5.74, 6) is 1.98. The van der Waals surface area contributed by atoms with Gasteiger partial charge in [0.05, 0.1) is 17.9 Å². The molecule has 0 bridgehead atoms. The quantitative estimate of drug-likeness (QED) is 0.754. The zero-order valence-corrected chi connectivity index (χ0v) is 19.2. The van der Waals surface area contributed by atoms with Crippen LogP contribution in [-0.2, 0) is 11.3 Å². The molecule has 1 N–H and O–H groups in total. The van der Waals surface area contributed by atoms with Crippen LogP contribution < -0.4 is 5.32 Å². The van der Waals surface area contributed by atoms with Crippen LogP contribution in [0.25, 0.3) is 0 Å². The number of likely N-dealkylation sites (tertiary alicyclic amines) is 1. The fourth-order valence-corrected chi connectivity index (χ4v) is 3.85. The predicted octanol–water partition coefficient (Wildman–Crippen LogP) is 2.94. The zero-order valence-electron chi connectivity index (χ0n) is 19.2. The highest BCUT2D eigenvalue weighted by atomic mass is 16.5. The van der Waals surface area contributed by atoms with Gasteiger partial charge < -0.3 is 19.6 Å². The number of piperidine rings is 1. The molecule has 2 amide bonds. The van der Waals surface area contributed by atoms with Gasteiger partial charge >= 0.3 is 0 Å². The number of aryl methyl sites for hydroxylation is 1. The molecule has 9 heteroatoms. The molecular weight excluding hydrogens is 396 g/mol. The van der Waals surface area contributed by atoms with E-state index in [2.05, 4.69) is 15.5 Å². The number of nitrogens with one attached hydrogen (secondary N) is 1. The lowest BCUT2D eigenvalue weighted by atomic mass is 9.93. The first kappa shape index (κ1) is 22.7. The summed E-state index contributed by atoms with van der Waals surface area (Å²) < 4.78 is 5.32. The van der Waals surface area contributed by atoms with E-state index in [4.69, 9.17) is 9.51 Å². The van der Waals surface area contributed by atoms with E-state index < -0.39 is 0 Å². The van der Waals surface area contributed by atoms with Gasteiger partial charge in [-0.2, -0.15) is 0 Å². The average Bonchev–Trinajstić information content (AvgIpc) is 3.14. The molecule has 1 fully saturated rings. The fraction of sp³-hybridized carbons (Fsp3) is 0.591. The average molecular weight is 429 g/mol. The molecule has 2 aromatic heterocycles. The molecule has 2 aromatic rings. The summed E-state index contributed by atoms with van der Waals surface area (Å²) in [5.41, 5.74) is 2.17.